The monoisotopic (exact) mass is 175 g/mol. The maximum atomic E-state index is 10.3. The summed E-state index contributed by atoms with van der Waals surface area (Å²) in [6, 6.07) is 0. The number of likely N-dealkylation sites (tertiary alicyclic amines) is 1. The molecule has 0 aromatic heterocycles. The molecule has 0 amide bonds. The number of aldehydes is 1. The highest BCUT2D eigenvalue weighted by Crippen LogP contribution is 2.13. The van der Waals surface area contributed by atoms with Crippen molar-refractivity contribution in [3.8, 4) is 0 Å². The average Bonchev–Trinajstić information content (AvgIpc) is 2.30. The van der Waals surface area contributed by atoms with Crippen LogP contribution in [0.1, 0.15) is 25.7 Å². The van der Waals surface area contributed by atoms with Crippen molar-refractivity contribution in [1.29, 1.82) is 0 Å². The normalized spacial score (nSPS) is 24.1. The topological polar surface area (TPSA) is 20.3 Å². The third kappa shape index (κ3) is 2.80. The summed E-state index contributed by atoms with van der Waals surface area (Å²) in [7, 11) is 0. The van der Waals surface area contributed by atoms with Gasteiger partial charge < -0.3 is 4.79 Å². The number of rotatable bonds is 2. The van der Waals surface area contributed by atoms with Crippen molar-refractivity contribution < 1.29 is 4.79 Å². The van der Waals surface area contributed by atoms with Gasteiger partial charge in [0.1, 0.15) is 5.50 Å². The van der Waals surface area contributed by atoms with Crippen LogP contribution in [0.2, 0.25) is 0 Å². The summed E-state index contributed by atoms with van der Waals surface area (Å²) in [5.74, 6) is 0. The van der Waals surface area contributed by atoms with Crippen LogP contribution in [0.15, 0.2) is 0 Å². The number of alkyl halides is 1. The van der Waals surface area contributed by atoms with Crippen molar-refractivity contribution in [1.82, 2.24) is 4.90 Å². The Balaban J connectivity index is 2.35. The van der Waals surface area contributed by atoms with Crippen molar-refractivity contribution in [3.05, 3.63) is 0 Å². The number of hydrogen-bond donors (Lipinski definition) is 0. The van der Waals surface area contributed by atoms with Crippen molar-refractivity contribution in [2.24, 2.45) is 0 Å². The molecule has 3 heteroatoms. The van der Waals surface area contributed by atoms with Crippen LogP contribution >= 0.6 is 11.6 Å². The highest BCUT2D eigenvalue weighted by molar-refractivity contribution is 6.27. The van der Waals surface area contributed by atoms with E-state index in [0.29, 0.717) is 0 Å². The molecule has 0 aromatic rings. The van der Waals surface area contributed by atoms with E-state index >= 15 is 0 Å². The molecule has 1 aliphatic rings. The fraction of sp³-hybridized carbons (Fsp3) is 0.875. The van der Waals surface area contributed by atoms with Gasteiger partial charge in [0.2, 0.25) is 0 Å². The molecule has 1 fully saturated rings. The van der Waals surface area contributed by atoms with E-state index in [1.807, 2.05) is 4.90 Å². The largest absolute Gasteiger partial charge is 0.300 e. The molecule has 1 rings (SSSR count). The third-order valence-corrected chi connectivity index (χ3v) is 2.48. The maximum Gasteiger partial charge on any atom is 0.152 e. The lowest BCUT2D eigenvalue weighted by Gasteiger charge is -2.20. The SMILES string of the molecule is O=C[C@H](Cl)N1CCCCCC1. The van der Waals surface area contributed by atoms with Crippen LogP contribution in [0.3, 0.4) is 0 Å². The van der Waals surface area contributed by atoms with Crippen LogP contribution in [0.4, 0.5) is 0 Å². The maximum absolute atomic E-state index is 10.3. The highest BCUT2D eigenvalue weighted by Gasteiger charge is 2.15. The zero-order chi connectivity index (χ0) is 8.10. The van der Waals surface area contributed by atoms with E-state index in [2.05, 4.69) is 0 Å². The molecule has 0 N–H and O–H groups in total. The number of carbonyl (C=O) groups is 1. The molecule has 0 saturated carbocycles. The predicted octanol–water partition coefficient (Wildman–Crippen LogP) is 1.63. The molecule has 1 heterocycles. The van der Waals surface area contributed by atoms with Crippen LogP contribution in [-0.4, -0.2) is 29.8 Å². The molecule has 11 heavy (non-hydrogen) atoms. The van der Waals surface area contributed by atoms with E-state index in [1.165, 1.54) is 25.7 Å². The first-order valence-corrected chi connectivity index (χ1v) is 4.61. The highest BCUT2D eigenvalue weighted by atomic mass is 35.5. The number of carbonyl (C=O) groups excluding carboxylic acids is 1. The van der Waals surface area contributed by atoms with Gasteiger partial charge in [-0.05, 0) is 25.9 Å². The molecular weight excluding hydrogens is 162 g/mol. The van der Waals surface area contributed by atoms with E-state index in [1.54, 1.807) is 0 Å². The van der Waals surface area contributed by atoms with Gasteiger partial charge in [-0.3, -0.25) is 4.90 Å². The molecule has 64 valence electrons. The van der Waals surface area contributed by atoms with Gasteiger partial charge >= 0.3 is 0 Å². The van der Waals surface area contributed by atoms with E-state index in [4.69, 9.17) is 11.6 Å². The van der Waals surface area contributed by atoms with Crippen LogP contribution in [0.5, 0.6) is 0 Å². The van der Waals surface area contributed by atoms with Crippen molar-refractivity contribution in [2.45, 2.75) is 31.2 Å². The Bertz CT molecular complexity index is 121. The third-order valence-electron chi connectivity index (χ3n) is 2.10. The summed E-state index contributed by atoms with van der Waals surface area (Å²) in [5.41, 5.74) is -0.395. The molecule has 0 aliphatic carbocycles. The summed E-state index contributed by atoms with van der Waals surface area (Å²) in [5, 5.41) is 0. The standard InChI is InChI=1S/C8H14ClNO/c9-8(7-11)10-5-3-1-2-4-6-10/h7-8H,1-6H2/t8-/m1/s1. The lowest BCUT2D eigenvalue weighted by atomic mass is 10.2. The summed E-state index contributed by atoms with van der Waals surface area (Å²) in [4.78, 5) is 12.4. The molecule has 1 atom stereocenters. The van der Waals surface area contributed by atoms with Crippen LogP contribution in [-0.2, 0) is 4.79 Å². The van der Waals surface area contributed by atoms with Crippen LogP contribution in [0.25, 0.3) is 0 Å². The van der Waals surface area contributed by atoms with Gasteiger partial charge in [0, 0.05) is 0 Å². The molecule has 0 aromatic carbocycles. The van der Waals surface area contributed by atoms with E-state index in [-0.39, 0.29) is 0 Å². The summed E-state index contributed by atoms with van der Waals surface area (Å²) in [6.07, 6.45) is 5.72. The Labute approximate surface area is 72.5 Å². The molecule has 0 bridgehead atoms. The van der Waals surface area contributed by atoms with Crippen molar-refractivity contribution >= 4 is 17.9 Å². The zero-order valence-electron chi connectivity index (χ0n) is 6.63. The molecule has 1 aliphatic heterocycles. The van der Waals surface area contributed by atoms with Gasteiger partial charge in [-0.25, -0.2) is 0 Å². The van der Waals surface area contributed by atoms with Crippen molar-refractivity contribution in [3.63, 3.8) is 0 Å². The van der Waals surface area contributed by atoms with Gasteiger partial charge in [0.15, 0.2) is 6.29 Å². The number of nitrogens with zero attached hydrogens (tertiary/aromatic N) is 1. The fourth-order valence-electron chi connectivity index (χ4n) is 1.43. The van der Waals surface area contributed by atoms with Gasteiger partial charge in [0.05, 0.1) is 0 Å². The van der Waals surface area contributed by atoms with E-state index < -0.39 is 5.50 Å². The quantitative estimate of drug-likeness (QED) is 0.361. The summed E-state index contributed by atoms with van der Waals surface area (Å²) in [6.45, 7) is 1.96. The molecule has 2 nitrogen and oxygen atoms in total. The Morgan fingerprint density at radius 3 is 2.18 bits per heavy atom. The van der Waals surface area contributed by atoms with E-state index in [9.17, 15) is 4.79 Å². The summed E-state index contributed by atoms with van der Waals surface area (Å²) >= 11 is 5.77. The minimum atomic E-state index is -0.395. The first-order valence-electron chi connectivity index (χ1n) is 4.18. The van der Waals surface area contributed by atoms with Crippen LogP contribution < -0.4 is 0 Å². The molecule has 0 radical (unpaired) electrons. The molecule has 0 spiro atoms. The second kappa shape index (κ2) is 4.73. The van der Waals surface area contributed by atoms with Crippen LogP contribution in [0, 0.1) is 0 Å². The lowest BCUT2D eigenvalue weighted by Crippen LogP contribution is -2.33. The van der Waals surface area contributed by atoms with Gasteiger partial charge in [-0.15, -0.1) is 0 Å². The Morgan fingerprint density at radius 2 is 1.73 bits per heavy atom. The predicted molar refractivity (Wildman–Crippen MR) is 45.7 cm³/mol. The molecule has 1 saturated heterocycles. The van der Waals surface area contributed by atoms with Gasteiger partial charge in [0.25, 0.3) is 0 Å². The smallest absolute Gasteiger partial charge is 0.152 e. The number of hydrogen-bond acceptors (Lipinski definition) is 2. The van der Waals surface area contributed by atoms with Gasteiger partial charge in [-0.2, -0.15) is 0 Å². The van der Waals surface area contributed by atoms with E-state index in [0.717, 1.165) is 19.4 Å². The fourth-order valence-corrected chi connectivity index (χ4v) is 1.62. The van der Waals surface area contributed by atoms with Crippen molar-refractivity contribution in [2.75, 3.05) is 13.1 Å². The molecule has 0 unspecified atom stereocenters. The molecular formula is C8H14ClNO. The Morgan fingerprint density at radius 1 is 1.18 bits per heavy atom. The zero-order valence-corrected chi connectivity index (χ0v) is 7.39. The van der Waals surface area contributed by atoms with Gasteiger partial charge in [-0.1, -0.05) is 24.4 Å². The Hall–Kier alpha value is -0.0800. The Kier molecular flexibility index (Phi) is 3.87. The lowest BCUT2D eigenvalue weighted by molar-refractivity contribution is -0.110. The second-order valence-electron chi connectivity index (χ2n) is 2.96. The summed E-state index contributed by atoms with van der Waals surface area (Å²) < 4.78 is 0. The minimum Gasteiger partial charge on any atom is -0.300 e. The first kappa shape index (κ1) is 9.01. The number of halogens is 1. The minimum absolute atomic E-state index is 0.395. The first-order chi connectivity index (χ1) is 5.34. The average molecular weight is 176 g/mol. The second-order valence-corrected chi connectivity index (χ2v) is 3.41.